The Bertz CT molecular complexity index is 542. The second-order valence-electron chi connectivity index (χ2n) is 4.59. The Kier molecular flexibility index (Phi) is 4.31. The first-order valence-electron chi connectivity index (χ1n) is 6.45. The zero-order valence-corrected chi connectivity index (χ0v) is 12.0. The molecule has 1 aromatic carbocycles. The molecule has 0 saturated carbocycles. The minimum Gasteiger partial charge on any atom is -0.490 e. The quantitative estimate of drug-likeness (QED) is 0.918. The number of nitrogens with one attached hydrogen (secondary N) is 1. The van der Waals surface area contributed by atoms with Gasteiger partial charge in [0.25, 0.3) is 0 Å². The van der Waals surface area contributed by atoms with Gasteiger partial charge in [-0.05, 0) is 25.5 Å². The molecule has 1 N–H and O–H groups in total. The Morgan fingerprint density at radius 3 is 2.63 bits per heavy atom. The van der Waals surface area contributed by atoms with Crippen molar-refractivity contribution in [1.29, 1.82) is 0 Å². The molecule has 1 aliphatic heterocycles. The van der Waals surface area contributed by atoms with Crippen LogP contribution >= 0.6 is 0 Å². The third-order valence-corrected chi connectivity index (χ3v) is 4.59. The molecule has 0 spiro atoms. The highest BCUT2D eigenvalue weighted by atomic mass is 32.2. The molecular weight excluding hydrogens is 266 g/mol. The molecule has 1 aromatic rings. The lowest BCUT2D eigenvalue weighted by atomic mass is 10.3. The molecule has 0 aromatic heterocycles. The average molecular weight is 285 g/mol. The van der Waals surface area contributed by atoms with Crippen molar-refractivity contribution in [2.45, 2.75) is 37.6 Å². The first-order valence-corrected chi connectivity index (χ1v) is 7.93. The molecule has 5 nitrogen and oxygen atoms in total. The van der Waals surface area contributed by atoms with E-state index >= 15 is 0 Å². The van der Waals surface area contributed by atoms with Gasteiger partial charge in [-0.2, -0.15) is 0 Å². The molecule has 0 saturated heterocycles. The Labute approximate surface area is 114 Å². The van der Waals surface area contributed by atoms with Gasteiger partial charge in [0, 0.05) is 18.5 Å². The van der Waals surface area contributed by atoms with E-state index in [1.807, 2.05) is 13.8 Å². The molecule has 0 amide bonds. The van der Waals surface area contributed by atoms with Crippen LogP contribution in [-0.4, -0.2) is 27.7 Å². The standard InChI is InChI=1S/C13H19NO4S/c1-3-10(2)14-19(15,16)11-5-6-12-13(9-11)18-8-4-7-17-12/h5-6,9-10,14H,3-4,7-8H2,1-2H3. The number of hydrogen-bond acceptors (Lipinski definition) is 4. The van der Waals surface area contributed by atoms with Crippen molar-refractivity contribution in [2.75, 3.05) is 13.2 Å². The van der Waals surface area contributed by atoms with E-state index in [9.17, 15) is 8.42 Å². The van der Waals surface area contributed by atoms with E-state index < -0.39 is 10.0 Å². The minimum absolute atomic E-state index is 0.0963. The number of rotatable bonds is 4. The number of ether oxygens (including phenoxy) is 2. The molecular formula is C13H19NO4S. The third kappa shape index (κ3) is 3.39. The first-order chi connectivity index (χ1) is 9.03. The highest BCUT2D eigenvalue weighted by Crippen LogP contribution is 2.31. The van der Waals surface area contributed by atoms with Crippen molar-refractivity contribution >= 4 is 10.0 Å². The van der Waals surface area contributed by atoms with Gasteiger partial charge in [0.2, 0.25) is 10.0 Å². The molecule has 1 heterocycles. The maximum Gasteiger partial charge on any atom is 0.240 e. The zero-order valence-electron chi connectivity index (χ0n) is 11.2. The average Bonchev–Trinajstić information content (AvgIpc) is 2.62. The van der Waals surface area contributed by atoms with E-state index in [1.165, 1.54) is 12.1 Å². The minimum atomic E-state index is -3.50. The number of benzene rings is 1. The summed E-state index contributed by atoms with van der Waals surface area (Å²) in [6.45, 7) is 4.89. The van der Waals surface area contributed by atoms with Crippen LogP contribution in [0, 0.1) is 0 Å². The first kappa shape index (κ1) is 14.1. The van der Waals surface area contributed by atoms with Crippen LogP contribution < -0.4 is 14.2 Å². The fourth-order valence-electron chi connectivity index (χ4n) is 1.73. The maximum atomic E-state index is 12.2. The molecule has 2 rings (SSSR count). The largest absolute Gasteiger partial charge is 0.490 e. The Hall–Kier alpha value is -1.27. The molecule has 0 fully saturated rings. The Morgan fingerprint density at radius 2 is 1.95 bits per heavy atom. The molecule has 1 aliphatic rings. The van der Waals surface area contributed by atoms with Gasteiger partial charge in [0.05, 0.1) is 18.1 Å². The van der Waals surface area contributed by atoms with Crippen molar-refractivity contribution in [3.63, 3.8) is 0 Å². The van der Waals surface area contributed by atoms with E-state index in [0.29, 0.717) is 24.7 Å². The second kappa shape index (κ2) is 5.79. The fraction of sp³-hybridized carbons (Fsp3) is 0.538. The van der Waals surface area contributed by atoms with Crippen molar-refractivity contribution in [3.8, 4) is 11.5 Å². The number of sulfonamides is 1. The van der Waals surface area contributed by atoms with Gasteiger partial charge in [-0.1, -0.05) is 6.92 Å². The predicted molar refractivity (Wildman–Crippen MR) is 72.1 cm³/mol. The van der Waals surface area contributed by atoms with E-state index in [-0.39, 0.29) is 10.9 Å². The van der Waals surface area contributed by atoms with Crippen LogP contribution in [0.1, 0.15) is 26.7 Å². The van der Waals surface area contributed by atoms with Crippen molar-refractivity contribution in [3.05, 3.63) is 18.2 Å². The number of fused-ring (bicyclic) bond motifs is 1. The van der Waals surface area contributed by atoms with Gasteiger partial charge in [-0.15, -0.1) is 0 Å². The van der Waals surface area contributed by atoms with Crippen LogP contribution in [0.5, 0.6) is 11.5 Å². The lowest BCUT2D eigenvalue weighted by molar-refractivity contribution is 0.297. The summed E-state index contributed by atoms with van der Waals surface area (Å²) in [6, 6.07) is 4.61. The van der Waals surface area contributed by atoms with Gasteiger partial charge in [0.1, 0.15) is 0 Å². The monoisotopic (exact) mass is 285 g/mol. The van der Waals surface area contributed by atoms with Gasteiger partial charge in [-0.3, -0.25) is 0 Å². The summed E-state index contributed by atoms with van der Waals surface area (Å²) in [4.78, 5) is 0.206. The molecule has 0 radical (unpaired) electrons. The normalized spacial score (nSPS) is 16.7. The lowest BCUT2D eigenvalue weighted by Gasteiger charge is -2.13. The van der Waals surface area contributed by atoms with Gasteiger partial charge >= 0.3 is 0 Å². The molecule has 0 aliphatic carbocycles. The Balaban J connectivity index is 2.28. The van der Waals surface area contributed by atoms with Crippen LogP contribution in [0.4, 0.5) is 0 Å². The van der Waals surface area contributed by atoms with Crippen LogP contribution in [0.3, 0.4) is 0 Å². The molecule has 19 heavy (non-hydrogen) atoms. The summed E-state index contributed by atoms with van der Waals surface area (Å²) in [7, 11) is -3.50. The summed E-state index contributed by atoms with van der Waals surface area (Å²) < 4.78 is 37.9. The van der Waals surface area contributed by atoms with Crippen LogP contribution in [0.15, 0.2) is 23.1 Å². The molecule has 6 heteroatoms. The molecule has 1 unspecified atom stereocenters. The summed E-state index contributed by atoms with van der Waals surface area (Å²) in [5, 5.41) is 0. The molecule has 106 valence electrons. The molecule has 1 atom stereocenters. The van der Waals surface area contributed by atoms with E-state index in [4.69, 9.17) is 9.47 Å². The van der Waals surface area contributed by atoms with Crippen LogP contribution in [0.2, 0.25) is 0 Å². The van der Waals surface area contributed by atoms with E-state index in [2.05, 4.69) is 4.72 Å². The summed E-state index contributed by atoms with van der Waals surface area (Å²) in [5.41, 5.74) is 0. The van der Waals surface area contributed by atoms with Crippen LogP contribution in [0.25, 0.3) is 0 Å². The topological polar surface area (TPSA) is 64.6 Å². The highest BCUT2D eigenvalue weighted by Gasteiger charge is 2.20. The maximum absolute atomic E-state index is 12.2. The van der Waals surface area contributed by atoms with Crippen LogP contribution in [-0.2, 0) is 10.0 Å². The summed E-state index contributed by atoms with van der Waals surface area (Å²) in [5.74, 6) is 1.09. The van der Waals surface area contributed by atoms with Crippen molar-refractivity contribution in [2.24, 2.45) is 0 Å². The van der Waals surface area contributed by atoms with Crippen molar-refractivity contribution in [1.82, 2.24) is 4.72 Å². The van der Waals surface area contributed by atoms with Gasteiger partial charge in [-0.25, -0.2) is 13.1 Å². The third-order valence-electron chi connectivity index (χ3n) is 3.00. The summed E-state index contributed by atoms with van der Waals surface area (Å²) in [6.07, 6.45) is 1.53. The number of hydrogen-bond donors (Lipinski definition) is 1. The smallest absolute Gasteiger partial charge is 0.240 e. The fourth-order valence-corrected chi connectivity index (χ4v) is 3.07. The van der Waals surface area contributed by atoms with Gasteiger partial charge in [0.15, 0.2) is 11.5 Å². The second-order valence-corrected chi connectivity index (χ2v) is 6.30. The van der Waals surface area contributed by atoms with Crippen molar-refractivity contribution < 1.29 is 17.9 Å². The summed E-state index contributed by atoms with van der Waals surface area (Å²) >= 11 is 0. The van der Waals surface area contributed by atoms with E-state index in [1.54, 1.807) is 6.07 Å². The van der Waals surface area contributed by atoms with Gasteiger partial charge < -0.3 is 9.47 Å². The van der Waals surface area contributed by atoms with E-state index in [0.717, 1.165) is 12.8 Å². The highest BCUT2D eigenvalue weighted by molar-refractivity contribution is 7.89. The predicted octanol–water partition coefficient (Wildman–Crippen LogP) is 1.92. The SMILES string of the molecule is CCC(C)NS(=O)(=O)c1ccc2c(c1)OCCCO2. The Morgan fingerprint density at radius 1 is 1.26 bits per heavy atom. The molecule has 0 bridgehead atoms. The lowest BCUT2D eigenvalue weighted by Crippen LogP contribution is -2.31. The zero-order chi connectivity index (χ0) is 13.9.